The summed E-state index contributed by atoms with van der Waals surface area (Å²) >= 11 is 0. The van der Waals surface area contributed by atoms with Crippen molar-refractivity contribution in [2.75, 3.05) is 40.6 Å². The smallest absolute Gasteiger partial charge is 0.161 e. The van der Waals surface area contributed by atoms with E-state index in [-0.39, 0.29) is 12.2 Å². The maximum Gasteiger partial charge on any atom is 0.161 e. The third-order valence-electron chi connectivity index (χ3n) is 4.73. The molecule has 0 bridgehead atoms. The number of epoxide rings is 2. The van der Waals surface area contributed by atoms with Gasteiger partial charge in [-0.15, -0.1) is 0 Å². The minimum Gasteiger partial charge on any atom is -0.493 e. The molecule has 6 heteroatoms. The summed E-state index contributed by atoms with van der Waals surface area (Å²) in [5.41, 5.74) is 2.19. The van der Waals surface area contributed by atoms with Gasteiger partial charge in [0.15, 0.2) is 23.0 Å². The Bertz CT molecular complexity index is 854. The molecule has 2 aliphatic heterocycles. The first-order chi connectivity index (χ1) is 14.2. The predicted octanol–water partition coefficient (Wildman–Crippen LogP) is 3.51. The van der Waals surface area contributed by atoms with E-state index in [0.717, 1.165) is 53.8 Å². The van der Waals surface area contributed by atoms with Crippen molar-refractivity contribution in [2.24, 2.45) is 0 Å². The lowest BCUT2D eigenvalue weighted by atomic mass is 10.1. The van der Waals surface area contributed by atoms with Crippen LogP contribution in [0.4, 0.5) is 0 Å². The molecule has 6 nitrogen and oxygen atoms in total. The lowest BCUT2D eigenvalue weighted by molar-refractivity contribution is 0.252. The Morgan fingerprint density at radius 3 is 2.00 bits per heavy atom. The molecule has 0 N–H and O–H groups in total. The van der Waals surface area contributed by atoms with E-state index in [1.54, 1.807) is 14.2 Å². The van der Waals surface area contributed by atoms with E-state index < -0.39 is 0 Å². The zero-order valence-corrected chi connectivity index (χ0v) is 16.8. The first-order valence-corrected chi connectivity index (χ1v) is 9.75. The fourth-order valence-corrected chi connectivity index (χ4v) is 2.89. The number of hydrogen-bond donors (Lipinski definition) is 0. The molecule has 0 radical (unpaired) electrons. The van der Waals surface area contributed by atoms with Gasteiger partial charge in [-0.25, -0.2) is 0 Å². The Morgan fingerprint density at radius 2 is 1.41 bits per heavy atom. The van der Waals surface area contributed by atoms with E-state index in [0.29, 0.717) is 13.2 Å². The summed E-state index contributed by atoms with van der Waals surface area (Å²) in [7, 11) is 3.30. The number of allylic oxidation sites excluding steroid dienone is 1. The van der Waals surface area contributed by atoms with Gasteiger partial charge in [-0.2, -0.15) is 0 Å². The van der Waals surface area contributed by atoms with Crippen LogP contribution >= 0.6 is 0 Å². The summed E-state index contributed by atoms with van der Waals surface area (Å²) in [6.45, 7) is 2.67. The van der Waals surface area contributed by atoms with Crippen LogP contribution in [0, 0.1) is 0 Å². The predicted molar refractivity (Wildman–Crippen MR) is 109 cm³/mol. The highest BCUT2D eigenvalue weighted by Crippen LogP contribution is 2.31. The summed E-state index contributed by atoms with van der Waals surface area (Å²) in [6, 6.07) is 11.9. The molecule has 2 saturated heterocycles. The average Bonchev–Trinajstić information content (AvgIpc) is 3.66. The van der Waals surface area contributed by atoms with Crippen molar-refractivity contribution >= 4 is 6.08 Å². The summed E-state index contributed by atoms with van der Waals surface area (Å²) in [5, 5.41) is 0. The SMILES string of the molecule is COc1cc(/C=C/Cc2ccc(OCC3CO3)c(OC)c2)ccc1OCC1CO1. The molecule has 2 aromatic carbocycles. The van der Waals surface area contributed by atoms with E-state index >= 15 is 0 Å². The van der Waals surface area contributed by atoms with E-state index in [1.165, 1.54) is 0 Å². The van der Waals surface area contributed by atoms with Crippen LogP contribution in [0.5, 0.6) is 23.0 Å². The van der Waals surface area contributed by atoms with Crippen molar-refractivity contribution in [2.45, 2.75) is 18.6 Å². The van der Waals surface area contributed by atoms with Crippen LogP contribution < -0.4 is 18.9 Å². The van der Waals surface area contributed by atoms with Crippen molar-refractivity contribution in [1.82, 2.24) is 0 Å². The molecule has 0 spiro atoms. The van der Waals surface area contributed by atoms with Crippen LogP contribution in [0.3, 0.4) is 0 Å². The lowest BCUT2D eigenvalue weighted by Crippen LogP contribution is -2.05. The molecular formula is C23H26O6. The number of rotatable bonds is 11. The Labute approximate surface area is 170 Å². The summed E-state index contributed by atoms with van der Waals surface area (Å²) in [5.74, 6) is 2.93. The van der Waals surface area contributed by atoms with Gasteiger partial charge in [-0.1, -0.05) is 24.3 Å². The zero-order valence-electron chi connectivity index (χ0n) is 16.8. The van der Waals surface area contributed by atoms with Crippen molar-refractivity contribution in [3.05, 3.63) is 53.6 Å². The third-order valence-corrected chi connectivity index (χ3v) is 4.73. The van der Waals surface area contributed by atoms with Crippen LogP contribution in [0.1, 0.15) is 11.1 Å². The van der Waals surface area contributed by atoms with E-state index in [9.17, 15) is 0 Å². The fourth-order valence-electron chi connectivity index (χ4n) is 2.89. The molecule has 2 fully saturated rings. The molecule has 0 amide bonds. The summed E-state index contributed by atoms with van der Waals surface area (Å²) in [6.07, 6.45) is 5.40. The molecule has 0 saturated carbocycles. The largest absolute Gasteiger partial charge is 0.493 e. The number of benzene rings is 2. The Morgan fingerprint density at radius 1 is 0.828 bits per heavy atom. The maximum absolute atomic E-state index is 5.75. The van der Waals surface area contributed by atoms with Crippen molar-refractivity contribution < 1.29 is 28.4 Å². The van der Waals surface area contributed by atoms with Gasteiger partial charge in [0.2, 0.25) is 0 Å². The van der Waals surface area contributed by atoms with Crippen LogP contribution in [-0.2, 0) is 15.9 Å². The molecule has 154 valence electrons. The maximum atomic E-state index is 5.75. The van der Waals surface area contributed by atoms with Crippen LogP contribution in [-0.4, -0.2) is 52.9 Å². The monoisotopic (exact) mass is 398 g/mol. The molecule has 2 aromatic rings. The van der Waals surface area contributed by atoms with E-state index in [1.807, 2.05) is 36.4 Å². The van der Waals surface area contributed by atoms with Gasteiger partial charge in [-0.3, -0.25) is 0 Å². The first-order valence-electron chi connectivity index (χ1n) is 9.75. The van der Waals surface area contributed by atoms with Gasteiger partial charge < -0.3 is 28.4 Å². The van der Waals surface area contributed by atoms with Gasteiger partial charge in [0, 0.05) is 0 Å². The van der Waals surface area contributed by atoms with Gasteiger partial charge >= 0.3 is 0 Å². The summed E-state index contributed by atoms with van der Waals surface area (Å²) in [4.78, 5) is 0. The standard InChI is InChI=1S/C23H26O6/c1-24-22-10-16(6-8-20(22)28-14-18-12-26-18)4-3-5-17-7-9-21(23(11-17)25-2)29-15-19-13-27-19/h3-4,6-11,18-19H,5,12-15H2,1-2H3/b4-3+. The van der Waals surface area contributed by atoms with Gasteiger partial charge in [0.05, 0.1) is 27.4 Å². The fraction of sp³-hybridized carbons (Fsp3) is 0.391. The van der Waals surface area contributed by atoms with Crippen LogP contribution in [0.25, 0.3) is 6.08 Å². The molecular weight excluding hydrogens is 372 g/mol. The first kappa shape index (κ1) is 19.6. The van der Waals surface area contributed by atoms with Crippen molar-refractivity contribution in [3.63, 3.8) is 0 Å². The van der Waals surface area contributed by atoms with E-state index in [4.69, 9.17) is 28.4 Å². The van der Waals surface area contributed by atoms with Gasteiger partial charge in [-0.05, 0) is 41.8 Å². The van der Waals surface area contributed by atoms with E-state index in [2.05, 4.69) is 12.2 Å². The van der Waals surface area contributed by atoms with Crippen LogP contribution in [0.2, 0.25) is 0 Å². The molecule has 0 aliphatic carbocycles. The average molecular weight is 398 g/mol. The molecule has 2 heterocycles. The lowest BCUT2D eigenvalue weighted by Gasteiger charge is -2.11. The Balaban J connectivity index is 1.35. The number of hydrogen-bond acceptors (Lipinski definition) is 6. The zero-order chi connectivity index (χ0) is 20.1. The van der Waals surface area contributed by atoms with Gasteiger partial charge in [0.1, 0.15) is 25.4 Å². The molecule has 29 heavy (non-hydrogen) atoms. The quantitative estimate of drug-likeness (QED) is 0.540. The molecule has 2 unspecified atom stereocenters. The minimum absolute atomic E-state index is 0.218. The van der Waals surface area contributed by atoms with Crippen molar-refractivity contribution in [1.29, 1.82) is 0 Å². The second-order valence-electron chi connectivity index (χ2n) is 7.03. The number of ether oxygens (including phenoxy) is 6. The Kier molecular flexibility index (Phi) is 6.22. The number of methoxy groups -OCH3 is 2. The molecule has 4 rings (SSSR count). The second kappa shape index (κ2) is 9.20. The normalized spacial score (nSPS) is 19.8. The molecule has 2 aliphatic rings. The second-order valence-corrected chi connectivity index (χ2v) is 7.03. The third kappa shape index (κ3) is 5.65. The highest BCUT2D eigenvalue weighted by atomic mass is 16.6. The summed E-state index contributed by atoms with van der Waals surface area (Å²) < 4.78 is 32.8. The minimum atomic E-state index is 0.218. The van der Waals surface area contributed by atoms with Crippen molar-refractivity contribution in [3.8, 4) is 23.0 Å². The molecule has 0 aromatic heterocycles. The van der Waals surface area contributed by atoms with Crippen LogP contribution in [0.15, 0.2) is 42.5 Å². The highest BCUT2D eigenvalue weighted by molar-refractivity contribution is 5.56. The highest BCUT2D eigenvalue weighted by Gasteiger charge is 2.24. The topological polar surface area (TPSA) is 62.0 Å². The Hall–Kier alpha value is -2.70. The molecule has 2 atom stereocenters. The van der Waals surface area contributed by atoms with Gasteiger partial charge in [0.25, 0.3) is 0 Å².